The van der Waals surface area contributed by atoms with Gasteiger partial charge in [0.15, 0.2) is 0 Å². The molecule has 43 valence electrons. The van der Waals surface area contributed by atoms with Crippen molar-refractivity contribution in [3.8, 4) is 0 Å². The van der Waals surface area contributed by atoms with Crippen molar-refractivity contribution in [3.05, 3.63) is 5.75 Å². The summed E-state index contributed by atoms with van der Waals surface area (Å²) < 4.78 is 0. The zero-order valence-corrected chi connectivity index (χ0v) is 6.44. The molecule has 0 atom stereocenters. The third kappa shape index (κ3) is 6.70. The first-order valence-corrected chi connectivity index (χ1v) is 4.78. The Balaban J connectivity index is 2.45. The molecule has 0 aromatic rings. The van der Waals surface area contributed by atoms with E-state index < -0.39 is 0 Å². The molecular formula is C5H11S2. The van der Waals surface area contributed by atoms with Crippen LogP contribution in [0.25, 0.3) is 0 Å². The maximum absolute atomic E-state index is 2.24. The minimum Gasteiger partial charge on any atom is -0.164 e. The molecule has 0 saturated heterocycles. The van der Waals surface area contributed by atoms with Crippen LogP contribution in [0.15, 0.2) is 0 Å². The van der Waals surface area contributed by atoms with E-state index in [9.17, 15) is 0 Å². The van der Waals surface area contributed by atoms with E-state index in [-0.39, 0.29) is 0 Å². The summed E-state index contributed by atoms with van der Waals surface area (Å²) in [4.78, 5) is 0. The quantitative estimate of drug-likeness (QED) is 0.542. The molecule has 0 aliphatic rings. The molecule has 0 spiro atoms. The van der Waals surface area contributed by atoms with Crippen molar-refractivity contribution in [2.75, 3.05) is 17.8 Å². The van der Waals surface area contributed by atoms with Crippen molar-refractivity contribution in [1.29, 1.82) is 0 Å². The van der Waals surface area contributed by atoms with Gasteiger partial charge in [-0.05, 0) is 12.0 Å². The van der Waals surface area contributed by atoms with Crippen molar-refractivity contribution in [1.82, 2.24) is 0 Å². The van der Waals surface area contributed by atoms with E-state index in [1.807, 2.05) is 23.5 Å². The molecule has 0 unspecified atom stereocenters. The highest BCUT2D eigenvalue weighted by Gasteiger charge is 1.80. The summed E-state index contributed by atoms with van der Waals surface area (Å²) in [6, 6.07) is 0. The Kier molecular flexibility index (Phi) is 7.37. The molecular weight excluding hydrogens is 124 g/mol. The molecule has 0 aromatic heterocycles. The van der Waals surface area contributed by atoms with Gasteiger partial charge in [0.05, 0.1) is 0 Å². The molecule has 0 fully saturated rings. The third-order valence-corrected chi connectivity index (χ3v) is 1.97. The maximum atomic E-state index is 2.24. The number of rotatable bonds is 4. The molecule has 0 bridgehead atoms. The molecule has 0 aromatic carbocycles. The van der Waals surface area contributed by atoms with Crippen LogP contribution in [0.3, 0.4) is 0 Å². The van der Waals surface area contributed by atoms with Crippen LogP contribution in [0.5, 0.6) is 0 Å². The predicted molar refractivity (Wildman–Crippen MR) is 40.8 cm³/mol. The fourth-order valence-corrected chi connectivity index (χ4v) is 1.40. The minimum atomic E-state index is 1.18. The smallest absolute Gasteiger partial charge is 0.0264 e. The second-order valence-electron chi connectivity index (χ2n) is 1.08. The standard InChI is InChI=1S/C5H11S2/c1-3-7-5-4-6-2/h5H,3-4H2,1-2H3. The van der Waals surface area contributed by atoms with Gasteiger partial charge in [0.2, 0.25) is 0 Å². The Hall–Kier alpha value is 0.700. The lowest BCUT2D eigenvalue weighted by Crippen LogP contribution is -1.72. The average Bonchev–Trinajstić information content (AvgIpc) is 1.69. The van der Waals surface area contributed by atoms with Crippen LogP contribution in [-0.4, -0.2) is 17.8 Å². The van der Waals surface area contributed by atoms with Crippen molar-refractivity contribution >= 4 is 23.5 Å². The molecule has 0 aliphatic carbocycles. The SMILES string of the molecule is CCS[CH]CSC. The minimum absolute atomic E-state index is 1.18. The molecule has 0 heterocycles. The lowest BCUT2D eigenvalue weighted by Gasteiger charge is -1.90. The van der Waals surface area contributed by atoms with Crippen LogP contribution >= 0.6 is 23.5 Å². The van der Waals surface area contributed by atoms with Gasteiger partial charge in [-0.3, -0.25) is 0 Å². The normalized spacial score (nSPS) is 9.43. The molecule has 0 saturated carbocycles. The Bertz CT molecular complexity index is 25.3. The predicted octanol–water partition coefficient (Wildman–Crippen LogP) is 2.26. The highest BCUT2D eigenvalue weighted by atomic mass is 32.2. The second kappa shape index (κ2) is 6.70. The average molecular weight is 135 g/mol. The fourth-order valence-electron chi connectivity index (χ4n) is 0.234. The summed E-state index contributed by atoms with van der Waals surface area (Å²) in [7, 11) is 0. The van der Waals surface area contributed by atoms with E-state index in [4.69, 9.17) is 0 Å². The Morgan fingerprint density at radius 1 is 1.57 bits per heavy atom. The van der Waals surface area contributed by atoms with Gasteiger partial charge in [-0.25, -0.2) is 0 Å². The molecule has 0 nitrogen and oxygen atoms in total. The Morgan fingerprint density at radius 3 is 2.71 bits per heavy atom. The van der Waals surface area contributed by atoms with Crippen LogP contribution < -0.4 is 0 Å². The number of hydrogen-bond acceptors (Lipinski definition) is 2. The summed E-state index contributed by atoms with van der Waals surface area (Å²) in [5, 5.41) is 0. The van der Waals surface area contributed by atoms with Crippen LogP contribution in [0.1, 0.15) is 6.92 Å². The van der Waals surface area contributed by atoms with Crippen LogP contribution in [-0.2, 0) is 0 Å². The van der Waals surface area contributed by atoms with Crippen LogP contribution in [0.2, 0.25) is 0 Å². The van der Waals surface area contributed by atoms with Gasteiger partial charge in [-0.2, -0.15) is 23.5 Å². The van der Waals surface area contributed by atoms with Crippen molar-refractivity contribution in [3.63, 3.8) is 0 Å². The summed E-state index contributed by atoms with van der Waals surface area (Å²) >= 11 is 3.75. The van der Waals surface area contributed by atoms with Gasteiger partial charge in [-0.1, -0.05) is 6.92 Å². The van der Waals surface area contributed by atoms with E-state index in [2.05, 4.69) is 18.9 Å². The number of thioether (sulfide) groups is 2. The van der Waals surface area contributed by atoms with Crippen molar-refractivity contribution in [2.24, 2.45) is 0 Å². The monoisotopic (exact) mass is 135 g/mol. The topological polar surface area (TPSA) is 0 Å². The van der Waals surface area contributed by atoms with E-state index in [0.29, 0.717) is 0 Å². The Morgan fingerprint density at radius 2 is 2.29 bits per heavy atom. The summed E-state index contributed by atoms with van der Waals surface area (Å²) in [5.74, 6) is 4.63. The zero-order chi connectivity index (χ0) is 5.54. The van der Waals surface area contributed by atoms with E-state index in [1.54, 1.807) is 0 Å². The summed E-state index contributed by atoms with van der Waals surface area (Å²) in [6.07, 6.45) is 2.12. The van der Waals surface area contributed by atoms with Crippen molar-refractivity contribution < 1.29 is 0 Å². The fraction of sp³-hybridized carbons (Fsp3) is 0.800. The van der Waals surface area contributed by atoms with Gasteiger partial charge in [-0.15, -0.1) is 0 Å². The lowest BCUT2D eigenvalue weighted by atomic mass is 10.9. The Labute approximate surface area is 54.4 Å². The first kappa shape index (κ1) is 7.70. The summed E-state index contributed by atoms with van der Waals surface area (Å²) in [5.41, 5.74) is 0. The number of hydrogen-bond donors (Lipinski definition) is 0. The highest BCUT2D eigenvalue weighted by Crippen LogP contribution is 2.07. The molecule has 0 amide bonds. The van der Waals surface area contributed by atoms with E-state index in [0.717, 1.165) is 0 Å². The lowest BCUT2D eigenvalue weighted by molar-refractivity contribution is 1.52. The van der Waals surface area contributed by atoms with Gasteiger partial charge < -0.3 is 0 Å². The van der Waals surface area contributed by atoms with Gasteiger partial charge in [0, 0.05) is 11.5 Å². The molecule has 7 heavy (non-hydrogen) atoms. The molecule has 0 rings (SSSR count). The second-order valence-corrected chi connectivity index (χ2v) is 3.23. The summed E-state index contributed by atoms with van der Waals surface area (Å²) in [6.45, 7) is 2.17. The molecule has 1 radical (unpaired) electrons. The van der Waals surface area contributed by atoms with Crippen molar-refractivity contribution in [2.45, 2.75) is 6.92 Å². The van der Waals surface area contributed by atoms with Crippen LogP contribution in [0, 0.1) is 5.75 Å². The molecule has 2 heteroatoms. The first-order valence-electron chi connectivity index (χ1n) is 2.34. The molecule has 0 N–H and O–H groups in total. The maximum Gasteiger partial charge on any atom is 0.0264 e. The van der Waals surface area contributed by atoms with Gasteiger partial charge >= 0.3 is 0 Å². The third-order valence-electron chi connectivity index (χ3n) is 0.519. The van der Waals surface area contributed by atoms with E-state index >= 15 is 0 Å². The van der Waals surface area contributed by atoms with Gasteiger partial charge in [0.25, 0.3) is 0 Å². The largest absolute Gasteiger partial charge is 0.164 e. The van der Waals surface area contributed by atoms with Gasteiger partial charge in [0.1, 0.15) is 0 Å². The zero-order valence-electron chi connectivity index (χ0n) is 4.81. The van der Waals surface area contributed by atoms with Crippen LogP contribution in [0.4, 0.5) is 0 Å². The molecule has 0 aliphatic heterocycles. The highest BCUT2D eigenvalue weighted by molar-refractivity contribution is 8.04. The van der Waals surface area contributed by atoms with E-state index in [1.165, 1.54) is 11.5 Å². The first-order chi connectivity index (χ1) is 3.41.